The van der Waals surface area contributed by atoms with Crippen LogP contribution in [0.15, 0.2) is 60.9 Å². The van der Waals surface area contributed by atoms with Gasteiger partial charge in [-0.05, 0) is 80.3 Å². The van der Waals surface area contributed by atoms with Crippen LogP contribution in [0.2, 0.25) is 15.1 Å². The van der Waals surface area contributed by atoms with Gasteiger partial charge in [-0.2, -0.15) is 0 Å². The van der Waals surface area contributed by atoms with Crippen LogP contribution in [0.1, 0.15) is 78.8 Å². The minimum atomic E-state index is 0.247. The predicted molar refractivity (Wildman–Crippen MR) is 210 cm³/mol. The first kappa shape index (κ1) is 36.0. The van der Waals surface area contributed by atoms with E-state index in [0.29, 0.717) is 23.7 Å². The van der Waals surface area contributed by atoms with Crippen molar-refractivity contribution < 1.29 is 23.7 Å². The molecule has 0 radical (unpaired) electrons. The molecule has 9 heterocycles. The van der Waals surface area contributed by atoms with Crippen molar-refractivity contribution in [1.29, 1.82) is 0 Å². The molecular formula is C42H48Cl3N3O5. The van der Waals surface area contributed by atoms with Crippen molar-refractivity contribution in [3.05, 3.63) is 98.2 Å². The van der Waals surface area contributed by atoms with E-state index in [1.165, 1.54) is 59.3 Å². The number of rotatable bonds is 0. The Morgan fingerprint density at radius 3 is 1.17 bits per heavy atom. The lowest BCUT2D eigenvalue weighted by molar-refractivity contribution is 0.0753. The standard InChI is InChI=1S/2C16H18ClNO2.C6H6ClN.C4H6O/c2*17-11-5-12-14-13(6-11)16-10(2-4-20-16)8-18(14)7-9-1-3-19-15(9)12;7-5-1-3-6(8)4-2-5;1-2-4-5-3-1/h2*5-6,9-10,15-16H,1-4,7-8H2;1-4H,8H2;1,3H,2,4H2/t9-,10+,15-,16+;9-,10-,15-,16-;;/m.1../s1. The Bertz CT molecular complexity index is 1610. The second-order valence-corrected chi connectivity index (χ2v) is 16.9. The largest absolute Gasteiger partial charge is 0.501 e. The summed E-state index contributed by atoms with van der Waals surface area (Å²) in [6.07, 6.45) is 10.5. The third kappa shape index (κ3) is 7.14. The van der Waals surface area contributed by atoms with E-state index >= 15 is 0 Å². The molecule has 12 rings (SSSR count). The molecule has 0 aromatic heterocycles. The first-order chi connectivity index (χ1) is 25.9. The zero-order valence-electron chi connectivity index (χ0n) is 29.9. The van der Waals surface area contributed by atoms with Gasteiger partial charge in [0.05, 0.1) is 37.3 Å². The molecule has 0 aliphatic carbocycles. The fraction of sp³-hybridized carbons (Fsp3) is 0.524. The molecule has 0 saturated carbocycles. The molecule has 9 aliphatic heterocycles. The highest BCUT2D eigenvalue weighted by Gasteiger charge is 2.47. The van der Waals surface area contributed by atoms with Crippen molar-refractivity contribution >= 4 is 51.9 Å². The number of benzene rings is 3. The SMILES string of the molecule is C1=COCC1.Clc1cc2c3c(c1)[C@@H]1OCC[C@@H]1CN3C[C@@H]1CCO[C@H]21.Clc1cc2c3c(c1)[C@@H]1OCC[C@@H]1CN3C[C@H]1CCO[C@@H]21.Nc1ccc(Cl)cc1. The average molecular weight is 781 g/mol. The molecule has 3 aromatic rings. The summed E-state index contributed by atoms with van der Waals surface area (Å²) < 4.78 is 28.7. The summed E-state index contributed by atoms with van der Waals surface area (Å²) in [4.78, 5) is 5.15. The van der Waals surface area contributed by atoms with Crippen molar-refractivity contribution in [3.63, 3.8) is 0 Å². The van der Waals surface area contributed by atoms with Gasteiger partial charge in [0.15, 0.2) is 0 Å². The van der Waals surface area contributed by atoms with Gasteiger partial charge in [-0.15, -0.1) is 0 Å². The Labute approximate surface area is 327 Å². The van der Waals surface area contributed by atoms with Crippen molar-refractivity contribution in [2.24, 2.45) is 23.7 Å². The minimum Gasteiger partial charge on any atom is -0.501 e. The molecule has 0 unspecified atom stereocenters. The summed E-state index contributed by atoms with van der Waals surface area (Å²) >= 11 is 18.3. The fourth-order valence-corrected chi connectivity index (χ4v) is 10.6. The van der Waals surface area contributed by atoms with E-state index in [0.717, 1.165) is 86.4 Å². The highest BCUT2D eigenvalue weighted by molar-refractivity contribution is 6.31. The van der Waals surface area contributed by atoms with Gasteiger partial charge in [0.1, 0.15) is 0 Å². The lowest BCUT2D eigenvalue weighted by atomic mass is 9.80. The van der Waals surface area contributed by atoms with Gasteiger partial charge in [0.25, 0.3) is 0 Å². The molecule has 8 nitrogen and oxygen atoms in total. The smallest absolute Gasteiger partial charge is 0.0908 e. The zero-order valence-corrected chi connectivity index (χ0v) is 32.2. The first-order valence-electron chi connectivity index (χ1n) is 19.3. The molecule has 0 spiro atoms. The molecule has 0 amide bonds. The molecule has 9 aliphatic rings. The predicted octanol–water partition coefficient (Wildman–Crippen LogP) is 9.50. The molecular weight excluding hydrogens is 733 g/mol. The van der Waals surface area contributed by atoms with Crippen LogP contribution in [0.5, 0.6) is 0 Å². The van der Waals surface area contributed by atoms with Crippen molar-refractivity contribution in [2.45, 2.75) is 56.5 Å². The molecule has 4 saturated heterocycles. The summed E-state index contributed by atoms with van der Waals surface area (Å²) in [6.45, 7) is 8.96. The quantitative estimate of drug-likeness (QED) is 0.226. The van der Waals surface area contributed by atoms with Crippen molar-refractivity contribution in [1.82, 2.24) is 0 Å². The zero-order chi connectivity index (χ0) is 36.1. The summed E-state index contributed by atoms with van der Waals surface area (Å²) in [5, 5.41) is 2.37. The number of hydrogen-bond donors (Lipinski definition) is 1. The maximum Gasteiger partial charge on any atom is 0.0908 e. The number of fused-ring (bicyclic) bond motifs is 8. The van der Waals surface area contributed by atoms with Crippen LogP contribution in [0.3, 0.4) is 0 Å². The van der Waals surface area contributed by atoms with Gasteiger partial charge in [0.2, 0.25) is 0 Å². The van der Waals surface area contributed by atoms with Crippen LogP contribution in [-0.2, 0) is 23.7 Å². The topological polar surface area (TPSA) is 78.7 Å². The summed E-state index contributed by atoms with van der Waals surface area (Å²) in [5.41, 5.74) is 14.0. The van der Waals surface area contributed by atoms with Gasteiger partial charge < -0.3 is 39.2 Å². The van der Waals surface area contributed by atoms with E-state index in [1.54, 1.807) is 30.5 Å². The fourth-order valence-electron chi connectivity index (χ4n) is 9.99. The number of ether oxygens (including phenoxy) is 5. The highest BCUT2D eigenvalue weighted by atomic mass is 35.5. The molecule has 282 valence electrons. The van der Waals surface area contributed by atoms with Crippen LogP contribution >= 0.6 is 34.8 Å². The Hall–Kier alpha value is -2.69. The number of nitrogens with two attached hydrogens (primary N) is 1. The maximum atomic E-state index is 6.38. The van der Waals surface area contributed by atoms with Gasteiger partial charge in [-0.1, -0.05) is 34.8 Å². The normalized spacial score (nSPS) is 31.5. The summed E-state index contributed by atoms with van der Waals surface area (Å²) in [7, 11) is 0. The van der Waals surface area contributed by atoms with E-state index < -0.39 is 0 Å². The molecule has 4 fully saturated rings. The number of nitrogens with zero attached hydrogens (tertiary/aromatic N) is 2. The second kappa shape index (κ2) is 15.4. The lowest BCUT2D eigenvalue weighted by Crippen LogP contribution is -2.43. The van der Waals surface area contributed by atoms with E-state index in [2.05, 4.69) is 34.1 Å². The highest BCUT2D eigenvalue weighted by Crippen LogP contribution is 2.55. The Balaban J connectivity index is 0.000000106. The number of halogens is 3. The van der Waals surface area contributed by atoms with Gasteiger partial charge in [0, 0.05) is 137 Å². The molecule has 8 atom stereocenters. The van der Waals surface area contributed by atoms with E-state index in [1.807, 2.05) is 6.08 Å². The monoisotopic (exact) mass is 779 g/mol. The molecule has 2 N–H and O–H groups in total. The molecule has 0 bridgehead atoms. The minimum absolute atomic E-state index is 0.247. The van der Waals surface area contributed by atoms with E-state index in [-0.39, 0.29) is 24.4 Å². The van der Waals surface area contributed by atoms with Crippen LogP contribution in [0.25, 0.3) is 0 Å². The number of hydrogen-bond acceptors (Lipinski definition) is 8. The van der Waals surface area contributed by atoms with Crippen LogP contribution < -0.4 is 15.5 Å². The third-order valence-corrected chi connectivity index (χ3v) is 13.0. The van der Waals surface area contributed by atoms with Crippen LogP contribution in [-0.4, -0.2) is 59.2 Å². The van der Waals surface area contributed by atoms with Gasteiger partial charge in [-0.25, -0.2) is 0 Å². The van der Waals surface area contributed by atoms with Crippen molar-refractivity contribution in [3.8, 4) is 0 Å². The second-order valence-electron chi connectivity index (χ2n) is 15.6. The van der Waals surface area contributed by atoms with Gasteiger partial charge in [-0.3, -0.25) is 0 Å². The molecule has 53 heavy (non-hydrogen) atoms. The van der Waals surface area contributed by atoms with Gasteiger partial charge >= 0.3 is 0 Å². The first-order valence-corrected chi connectivity index (χ1v) is 20.4. The Morgan fingerprint density at radius 1 is 0.509 bits per heavy atom. The van der Waals surface area contributed by atoms with Crippen LogP contribution in [0.4, 0.5) is 17.1 Å². The summed E-state index contributed by atoms with van der Waals surface area (Å²) in [6, 6.07) is 15.5. The Morgan fingerprint density at radius 2 is 0.887 bits per heavy atom. The maximum absolute atomic E-state index is 6.38. The average Bonchev–Trinajstić information content (AvgIpc) is 4.00. The van der Waals surface area contributed by atoms with E-state index in [4.69, 9.17) is 64.2 Å². The summed E-state index contributed by atoms with van der Waals surface area (Å²) in [5.74, 6) is 2.53. The molecule has 11 heteroatoms. The number of nitrogen functional groups attached to an aromatic ring is 1. The lowest BCUT2D eigenvalue weighted by Gasteiger charge is -2.45. The van der Waals surface area contributed by atoms with E-state index in [9.17, 15) is 0 Å². The van der Waals surface area contributed by atoms with Crippen molar-refractivity contribution in [2.75, 3.05) is 74.7 Å². The molecule has 3 aromatic carbocycles. The van der Waals surface area contributed by atoms with Crippen LogP contribution in [0, 0.1) is 23.7 Å². The Kier molecular flexibility index (Phi) is 10.5. The third-order valence-electron chi connectivity index (χ3n) is 12.3. The number of anilines is 3.